The molecule has 1 aliphatic heterocycles. The van der Waals surface area contributed by atoms with Crippen LogP contribution in [0.3, 0.4) is 0 Å². The van der Waals surface area contributed by atoms with E-state index in [9.17, 15) is 4.79 Å². The molecule has 0 bridgehead atoms. The third kappa shape index (κ3) is 4.04. The lowest BCUT2D eigenvalue weighted by atomic mass is 10.2. The molecule has 11 heteroatoms. The molecule has 0 fully saturated rings. The minimum absolute atomic E-state index is 0.127. The summed E-state index contributed by atoms with van der Waals surface area (Å²) in [5, 5.41) is 12.8. The Morgan fingerprint density at radius 2 is 2.03 bits per heavy atom. The first-order valence-corrected chi connectivity index (χ1v) is 12.1. The Kier molecular flexibility index (Phi) is 6.27. The van der Waals surface area contributed by atoms with Gasteiger partial charge in [0.15, 0.2) is 5.82 Å². The van der Waals surface area contributed by atoms with E-state index in [-0.39, 0.29) is 5.56 Å². The summed E-state index contributed by atoms with van der Waals surface area (Å²) in [6.07, 6.45) is 4.54. The number of methoxy groups -OCH3 is 1. The Morgan fingerprint density at radius 1 is 1.18 bits per heavy atom. The highest BCUT2D eigenvalue weighted by Crippen LogP contribution is 2.29. The van der Waals surface area contributed by atoms with E-state index in [4.69, 9.17) is 9.26 Å². The van der Waals surface area contributed by atoms with Gasteiger partial charge in [-0.1, -0.05) is 37.1 Å². The molecule has 4 heterocycles. The number of aromatic nitrogens is 6. The lowest BCUT2D eigenvalue weighted by Gasteiger charge is -2.12. The number of rotatable bonds is 9. The van der Waals surface area contributed by atoms with E-state index in [1.165, 1.54) is 0 Å². The number of unbranched alkanes of at least 4 members (excludes halogenated alkanes) is 2. The van der Waals surface area contributed by atoms with Crippen LogP contribution in [-0.2, 0) is 25.8 Å². The smallest absolute Gasteiger partial charge is 0.266 e. The largest absolute Gasteiger partial charge is 0.496 e. The van der Waals surface area contributed by atoms with Gasteiger partial charge in [-0.2, -0.15) is 4.98 Å². The molecule has 34 heavy (non-hydrogen) atoms. The number of nitrogens with zero attached hydrogens (tertiary/aromatic N) is 7. The molecule has 0 N–H and O–H groups in total. The summed E-state index contributed by atoms with van der Waals surface area (Å²) in [5.74, 6) is 3.33. The topological polar surface area (TPSA) is 113 Å². The molecule has 5 rings (SSSR count). The van der Waals surface area contributed by atoms with Crippen LogP contribution in [0.2, 0.25) is 0 Å². The number of hydrogen-bond acceptors (Lipinski definition) is 8. The Labute approximate surface area is 203 Å². The van der Waals surface area contributed by atoms with Crippen molar-refractivity contribution >= 4 is 32.1 Å². The Balaban J connectivity index is 1.44. The van der Waals surface area contributed by atoms with Gasteiger partial charge in [-0.05, 0) is 34.5 Å². The second-order valence-corrected chi connectivity index (χ2v) is 9.01. The summed E-state index contributed by atoms with van der Waals surface area (Å²) < 4.78 is 15.2. The van der Waals surface area contributed by atoms with Crippen molar-refractivity contribution in [3.63, 3.8) is 0 Å². The van der Waals surface area contributed by atoms with Gasteiger partial charge >= 0.3 is 0 Å². The number of halogens is 1. The van der Waals surface area contributed by atoms with Crippen molar-refractivity contribution in [2.75, 3.05) is 7.11 Å². The molecule has 176 valence electrons. The van der Waals surface area contributed by atoms with Gasteiger partial charge in [0.2, 0.25) is 5.78 Å². The van der Waals surface area contributed by atoms with Crippen LogP contribution >= 0.6 is 15.9 Å². The molecule has 0 spiro atoms. The van der Waals surface area contributed by atoms with Gasteiger partial charge in [0, 0.05) is 25.8 Å². The summed E-state index contributed by atoms with van der Waals surface area (Å²) in [5.41, 5.74) is 1.26. The van der Waals surface area contributed by atoms with Crippen LogP contribution in [-0.4, -0.2) is 41.0 Å². The summed E-state index contributed by atoms with van der Waals surface area (Å²) in [4.78, 5) is 22.4. The van der Waals surface area contributed by atoms with Gasteiger partial charge in [0.05, 0.1) is 22.9 Å². The van der Waals surface area contributed by atoms with E-state index in [2.05, 4.69) is 48.2 Å². The molecule has 0 unspecified atom stereocenters. The molecule has 0 aliphatic carbocycles. The highest BCUT2D eigenvalue weighted by molar-refractivity contribution is 9.18. The molecule has 0 radical (unpaired) electrons. The van der Waals surface area contributed by atoms with Gasteiger partial charge in [0.1, 0.15) is 17.4 Å². The predicted molar refractivity (Wildman–Crippen MR) is 130 cm³/mol. The van der Waals surface area contributed by atoms with Gasteiger partial charge in [-0.3, -0.25) is 9.36 Å². The number of aliphatic imine (C=N–C) groups is 1. The fourth-order valence-corrected chi connectivity index (χ4v) is 4.61. The highest BCUT2D eigenvalue weighted by atomic mass is 79.9. The summed E-state index contributed by atoms with van der Waals surface area (Å²) >= 11 is 3.46. The van der Waals surface area contributed by atoms with E-state index in [0.29, 0.717) is 59.7 Å². The van der Waals surface area contributed by atoms with E-state index in [1.807, 2.05) is 28.8 Å². The number of hydrogen-bond donors (Lipinski definition) is 0. The normalized spacial score (nSPS) is 12.9. The molecule has 0 atom stereocenters. The zero-order chi connectivity index (χ0) is 23.7. The molecule has 3 aromatic heterocycles. The van der Waals surface area contributed by atoms with Crippen LogP contribution in [0.4, 0.5) is 5.82 Å². The highest BCUT2D eigenvalue weighted by Gasteiger charge is 2.25. The Bertz CT molecular complexity index is 1440. The quantitative estimate of drug-likeness (QED) is 0.304. The third-order valence-electron chi connectivity index (χ3n) is 5.85. The Hall–Kier alpha value is -3.34. The fraction of sp³-hybridized carbons (Fsp3) is 0.391. The second kappa shape index (κ2) is 9.49. The number of para-hydroxylation sites is 1. The predicted octanol–water partition coefficient (Wildman–Crippen LogP) is 3.91. The minimum Gasteiger partial charge on any atom is -0.496 e. The Morgan fingerprint density at radius 3 is 2.85 bits per heavy atom. The molecule has 10 nitrogen and oxygen atoms in total. The molecule has 1 aromatic carbocycles. The van der Waals surface area contributed by atoms with Crippen molar-refractivity contribution in [1.29, 1.82) is 0 Å². The van der Waals surface area contributed by atoms with E-state index in [0.717, 1.165) is 36.0 Å². The molecule has 0 saturated heterocycles. The number of benzene rings is 1. The average molecular weight is 526 g/mol. The lowest BCUT2D eigenvalue weighted by molar-refractivity contribution is 0.402. The average Bonchev–Trinajstić information content (AvgIpc) is 3.58. The van der Waals surface area contributed by atoms with E-state index < -0.39 is 0 Å². The summed E-state index contributed by atoms with van der Waals surface area (Å²) in [6, 6.07) is 7.47. The number of ether oxygens (including phenoxy) is 1. The third-order valence-corrected chi connectivity index (χ3v) is 6.31. The maximum atomic E-state index is 13.3. The molecular formula is C23H24BrN7O3. The molecule has 0 saturated carbocycles. The first kappa shape index (κ1) is 22.5. The van der Waals surface area contributed by atoms with Crippen LogP contribution in [0.25, 0.3) is 17.2 Å². The van der Waals surface area contributed by atoms with E-state index >= 15 is 0 Å². The molecule has 0 amide bonds. The molecule has 4 aromatic rings. The van der Waals surface area contributed by atoms with Crippen molar-refractivity contribution in [3.05, 3.63) is 51.8 Å². The van der Waals surface area contributed by atoms with Gasteiger partial charge in [-0.25, -0.2) is 9.39 Å². The maximum Gasteiger partial charge on any atom is 0.266 e. The summed E-state index contributed by atoms with van der Waals surface area (Å²) in [6.45, 7) is 2.89. The van der Waals surface area contributed by atoms with Crippen molar-refractivity contribution in [1.82, 2.24) is 29.3 Å². The number of fused-ring (bicyclic) bond motifs is 2. The van der Waals surface area contributed by atoms with Crippen molar-refractivity contribution in [2.24, 2.45) is 4.99 Å². The minimum atomic E-state index is -0.127. The van der Waals surface area contributed by atoms with Crippen LogP contribution in [0.5, 0.6) is 5.75 Å². The SMILES string of the molecule is CCCCCn1c2c(c(=O)n3c(CCc4noc(-c5ccccc5OC)n4)nnc13)CC(Br)=N2. The van der Waals surface area contributed by atoms with Gasteiger partial charge in [-0.15, -0.1) is 10.2 Å². The van der Waals surface area contributed by atoms with E-state index in [1.54, 1.807) is 11.5 Å². The van der Waals surface area contributed by atoms with Crippen molar-refractivity contribution in [3.8, 4) is 17.2 Å². The lowest BCUT2D eigenvalue weighted by Crippen LogP contribution is -2.24. The van der Waals surface area contributed by atoms with Crippen LogP contribution in [0.15, 0.2) is 38.6 Å². The molecule has 1 aliphatic rings. The summed E-state index contributed by atoms with van der Waals surface area (Å²) in [7, 11) is 1.60. The molecular weight excluding hydrogens is 502 g/mol. The van der Waals surface area contributed by atoms with Gasteiger partial charge < -0.3 is 9.26 Å². The second-order valence-electron chi connectivity index (χ2n) is 8.10. The zero-order valence-corrected chi connectivity index (χ0v) is 20.6. The first-order chi connectivity index (χ1) is 16.6. The van der Waals surface area contributed by atoms with Gasteiger partial charge in [0.25, 0.3) is 11.4 Å². The first-order valence-electron chi connectivity index (χ1n) is 11.3. The zero-order valence-electron chi connectivity index (χ0n) is 19.0. The van der Waals surface area contributed by atoms with Crippen LogP contribution in [0, 0.1) is 0 Å². The standard InChI is InChI=1S/C23H24BrN7O3/c1-3-4-7-12-30-20-15(13-17(24)25-20)22(32)31-19(27-28-23(30)31)11-10-18-26-21(34-29-18)14-8-5-6-9-16(14)33-2/h5-6,8-9H,3-4,7,10-13H2,1-2H3. The van der Waals surface area contributed by atoms with Crippen LogP contribution < -0.4 is 10.3 Å². The number of aryl methyl sites for hydroxylation is 3. The van der Waals surface area contributed by atoms with Crippen molar-refractivity contribution in [2.45, 2.75) is 52.0 Å². The fourth-order valence-electron chi connectivity index (χ4n) is 4.16. The van der Waals surface area contributed by atoms with Crippen molar-refractivity contribution < 1.29 is 9.26 Å². The van der Waals surface area contributed by atoms with Crippen LogP contribution in [0.1, 0.15) is 43.4 Å². The monoisotopic (exact) mass is 525 g/mol. The maximum absolute atomic E-state index is 13.3.